The average Bonchev–Trinajstić information content (AvgIpc) is 2.47. The van der Waals surface area contributed by atoms with E-state index in [2.05, 4.69) is 55.4 Å². The third kappa shape index (κ3) is 2.07. The Morgan fingerprint density at radius 2 is 2.06 bits per heavy atom. The first-order valence-corrected chi connectivity index (χ1v) is 6.27. The van der Waals surface area contributed by atoms with Crippen molar-refractivity contribution in [3.63, 3.8) is 0 Å². The maximum absolute atomic E-state index is 3.43. The molecule has 0 saturated heterocycles. The van der Waals surface area contributed by atoms with Gasteiger partial charge in [-0.2, -0.15) is 0 Å². The van der Waals surface area contributed by atoms with E-state index in [1.54, 1.807) is 0 Å². The highest BCUT2D eigenvalue weighted by atomic mass is 15.2. The van der Waals surface area contributed by atoms with Gasteiger partial charge < -0.3 is 10.2 Å². The van der Waals surface area contributed by atoms with Gasteiger partial charge in [-0.3, -0.25) is 0 Å². The van der Waals surface area contributed by atoms with Crippen LogP contribution in [0.5, 0.6) is 0 Å². The minimum atomic E-state index is 0.514. The highest BCUT2D eigenvalue weighted by Gasteiger charge is 2.22. The van der Waals surface area contributed by atoms with Gasteiger partial charge in [-0.25, -0.2) is 0 Å². The predicted octanol–water partition coefficient (Wildman–Crippen LogP) is 2.96. The fraction of sp³-hybridized carbons (Fsp3) is 0.571. The monoisotopic (exact) mass is 218 g/mol. The number of fused-ring (bicyclic) bond motifs is 1. The number of benzene rings is 1. The molecule has 1 atom stereocenters. The van der Waals surface area contributed by atoms with Gasteiger partial charge in [0, 0.05) is 24.3 Å². The van der Waals surface area contributed by atoms with Crippen LogP contribution in [0.2, 0.25) is 0 Å². The number of nitrogens with zero attached hydrogens (tertiary/aromatic N) is 1. The van der Waals surface area contributed by atoms with Crippen molar-refractivity contribution in [1.29, 1.82) is 0 Å². The molecule has 0 bridgehead atoms. The lowest BCUT2D eigenvalue weighted by molar-refractivity contribution is 0.538. The molecule has 88 valence electrons. The van der Waals surface area contributed by atoms with Crippen molar-refractivity contribution < 1.29 is 0 Å². The largest absolute Gasteiger partial charge is 0.369 e. The maximum atomic E-state index is 3.43. The summed E-state index contributed by atoms with van der Waals surface area (Å²) in [7, 11) is 2.06. The molecule has 2 rings (SSSR count). The molecule has 1 aliphatic heterocycles. The highest BCUT2D eigenvalue weighted by Crippen LogP contribution is 2.33. The van der Waals surface area contributed by atoms with Gasteiger partial charge in [-0.15, -0.1) is 0 Å². The number of hydrogen-bond donors (Lipinski definition) is 1. The number of anilines is 1. The second-order valence-corrected chi connectivity index (χ2v) is 4.83. The summed E-state index contributed by atoms with van der Waals surface area (Å²) < 4.78 is 0. The van der Waals surface area contributed by atoms with Crippen molar-refractivity contribution in [1.82, 2.24) is 5.32 Å². The Bertz CT molecular complexity index is 346. The van der Waals surface area contributed by atoms with E-state index in [-0.39, 0.29) is 0 Å². The molecular formula is C14H22N2. The summed E-state index contributed by atoms with van der Waals surface area (Å²) in [6, 6.07) is 9.90. The van der Waals surface area contributed by atoms with Crippen molar-refractivity contribution in [2.75, 3.05) is 18.5 Å². The van der Waals surface area contributed by atoms with Crippen LogP contribution in [0.1, 0.15) is 38.3 Å². The summed E-state index contributed by atoms with van der Waals surface area (Å²) in [5.74, 6) is 0. The Kier molecular flexibility index (Phi) is 3.49. The maximum Gasteiger partial charge on any atom is 0.0417 e. The van der Waals surface area contributed by atoms with Crippen molar-refractivity contribution >= 4 is 5.69 Å². The third-order valence-electron chi connectivity index (χ3n) is 3.49. The molecule has 0 aromatic heterocycles. The molecule has 1 aromatic carbocycles. The summed E-state index contributed by atoms with van der Waals surface area (Å²) in [6.07, 6.45) is 2.50. The number of hydrogen-bond acceptors (Lipinski definition) is 2. The van der Waals surface area contributed by atoms with E-state index in [0.717, 1.165) is 0 Å². The molecule has 0 radical (unpaired) electrons. The highest BCUT2D eigenvalue weighted by molar-refractivity contribution is 5.56. The van der Waals surface area contributed by atoms with Gasteiger partial charge in [-0.1, -0.05) is 18.2 Å². The summed E-state index contributed by atoms with van der Waals surface area (Å²) in [5, 5.41) is 3.43. The average molecular weight is 218 g/mol. The van der Waals surface area contributed by atoms with Crippen LogP contribution in [-0.2, 0) is 0 Å². The van der Waals surface area contributed by atoms with Gasteiger partial charge in [0.1, 0.15) is 0 Å². The number of para-hydroxylation sites is 1. The van der Waals surface area contributed by atoms with Gasteiger partial charge >= 0.3 is 0 Å². The lowest BCUT2D eigenvalue weighted by Gasteiger charge is -2.29. The zero-order chi connectivity index (χ0) is 11.5. The number of nitrogens with one attached hydrogen (secondary N) is 1. The van der Waals surface area contributed by atoms with E-state index in [9.17, 15) is 0 Å². The van der Waals surface area contributed by atoms with Crippen LogP contribution in [-0.4, -0.2) is 19.6 Å². The molecule has 2 heteroatoms. The Hall–Kier alpha value is -1.02. The first kappa shape index (κ1) is 11.5. The minimum Gasteiger partial charge on any atom is -0.369 e. The van der Waals surface area contributed by atoms with Gasteiger partial charge in [0.2, 0.25) is 0 Å². The van der Waals surface area contributed by atoms with Crippen LogP contribution in [0, 0.1) is 0 Å². The van der Waals surface area contributed by atoms with Gasteiger partial charge in [0.05, 0.1) is 0 Å². The zero-order valence-electron chi connectivity index (χ0n) is 10.5. The smallest absolute Gasteiger partial charge is 0.0417 e. The van der Waals surface area contributed by atoms with Gasteiger partial charge in [-0.05, 0) is 45.4 Å². The first-order chi connectivity index (χ1) is 7.74. The van der Waals surface area contributed by atoms with E-state index < -0.39 is 0 Å². The van der Waals surface area contributed by atoms with Crippen molar-refractivity contribution in [2.45, 2.75) is 38.8 Å². The van der Waals surface area contributed by atoms with E-state index in [1.807, 2.05) is 0 Å². The summed E-state index contributed by atoms with van der Waals surface area (Å²) in [6.45, 7) is 5.72. The SMILES string of the molecule is CNC1CCCN(C(C)C)c2ccccc21. The topological polar surface area (TPSA) is 15.3 Å². The molecule has 0 fully saturated rings. The Labute approximate surface area is 98.7 Å². The third-order valence-corrected chi connectivity index (χ3v) is 3.49. The van der Waals surface area contributed by atoms with Crippen LogP contribution in [0.3, 0.4) is 0 Å². The minimum absolute atomic E-state index is 0.514. The fourth-order valence-electron chi connectivity index (χ4n) is 2.62. The Morgan fingerprint density at radius 3 is 2.75 bits per heavy atom. The first-order valence-electron chi connectivity index (χ1n) is 6.27. The second kappa shape index (κ2) is 4.88. The van der Waals surface area contributed by atoms with Gasteiger partial charge in [0.25, 0.3) is 0 Å². The molecule has 1 aliphatic rings. The molecule has 0 saturated carbocycles. The molecule has 1 aromatic rings. The lowest BCUT2D eigenvalue weighted by Crippen LogP contribution is -2.31. The molecule has 0 aliphatic carbocycles. The lowest BCUT2D eigenvalue weighted by atomic mass is 10.0. The zero-order valence-corrected chi connectivity index (χ0v) is 10.5. The summed E-state index contributed by atoms with van der Waals surface area (Å²) >= 11 is 0. The van der Waals surface area contributed by atoms with E-state index in [4.69, 9.17) is 0 Å². The van der Waals surface area contributed by atoms with Crippen molar-refractivity contribution in [2.24, 2.45) is 0 Å². The van der Waals surface area contributed by atoms with E-state index in [0.29, 0.717) is 12.1 Å². The summed E-state index contributed by atoms with van der Waals surface area (Å²) in [4.78, 5) is 2.52. The molecular weight excluding hydrogens is 196 g/mol. The number of rotatable bonds is 2. The van der Waals surface area contributed by atoms with Crippen LogP contribution in [0.15, 0.2) is 24.3 Å². The molecule has 0 amide bonds. The van der Waals surface area contributed by atoms with Gasteiger partial charge in [0.15, 0.2) is 0 Å². The van der Waals surface area contributed by atoms with E-state index in [1.165, 1.54) is 30.6 Å². The molecule has 0 spiro atoms. The fourth-order valence-corrected chi connectivity index (χ4v) is 2.62. The Morgan fingerprint density at radius 1 is 1.31 bits per heavy atom. The van der Waals surface area contributed by atoms with Crippen LogP contribution in [0.4, 0.5) is 5.69 Å². The predicted molar refractivity (Wildman–Crippen MR) is 70.0 cm³/mol. The van der Waals surface area contributed by atoms with Crippen LogP contribution < -0.4 is 10.2 Å². The molecule has 2 nitrogen and oxygen atoms in total. The van der Waals surface area contributed by atoms with E-state index >= 15 is 0 Å². The molecule has 1 heterocycles. The quantitative estimate of drug-likeness (QED) is 0.821. The molecule has 16 heavy (non-hydrogen) atoms. The second-order valence-electron chi connectivity index (χ2n) is 4.83. The van der Waals surface area contributed by atoms with Crippen LogP contribution in [0.25, 0.3) is 0 Å². The molecule has 1 unspecified atom stereocenters. The van der Waals surface area contributed by atoms with Crippen molar-refractivity contribution in [3.05, 3.63) is 29.8 Å². The van der Waals surface area contributed by atoms with Crippen molar-refractivity contribution in [3.8, 4) is 0 Å². The summed E-state index contributed by atoms with van der Waals surface area (Å²) in [5.41, 5.74) is 2.87. The molecule has 1 N–H and O–H groups in total. The Balaban J connectivity index is 2.42. The van der Waals surface area contributed by atoms with Crippen LogP contribution >= 0.6 is 0 Å². The standard InChI is InChI=1S/C14H22N2/c1-11(2)16-10-6-8-13(15-3)12-7-4-5-9-14(12)16/h4-5,7,9,11,13,15H,6,8,10H2,1-3H3. The normalized spacial score (nSPS) is 20.8.